The van der Waals surface area contributed by atoms with E-state index in [0.29, 0.717) is 0 Å². The van der Waals surface area contributed by atoms with Gasteiger partial charge in [-0.15, -0.1) is 0 Å². The summed E-state index contributed by atoms with van der Waals surface area (Å²) in [5.74, 6) is 1.81. The zero-order valence-corrected chi connectivity index (χ0v) is 15.1. The van der Waals surface area contributed by atoms with Crippen molar-refractivity contribution in [3.63, 3.8) is 0 Å². The second-order valence-electron chi connectivity index (χ2n) is 6.52. The third-order valence-electron chi connectivity index (χ3n) is 4.25. The minimum Gasteiger partial charge on any atom is -0.491 e. The molecule has 0 spiro atoms. The van der Waals surface area contributed by atoms with E-state index in [9.17, 15) is 0 Å². The Hall–Kier alpha value is -2.49. The Morgan fingerprint density at radius 1 is 1.08 bits per heavy atom. The highest BCUT2D eigenvalue weighted by atomic mass is 16.5. The lowest BCUT2D eigenvalue weighted by Crippen LogP contribution is -2.26. The van der Waals surface area contributed by atoms with Crippen LogP contribution >= 0.6 is 0 Å². The van der Waals surface area contributed by atoms with Crippen molar-refractivity contribution in [2.75, 3.05) is 18.4 Å². The molecule has 2 aromatic carbocycles. The maximum Gasteiger partial charge on any atom is 0.195 e. The van der Waals surface area contributed by atoms with Gasteiger partial charge in [0.2, 0.25) is 0 Å². The number of nitrogens with zero attached hydrogens (tertiary/aromatic N) is 1. The zero-order chi connectivity index (χ0) is 17.5. The second-order valence-corrected chi connectivity index (χ2v) is 6.52. The average molecular weight is 337 g/mol. The number of rotatable bonds is 7. The molecule has 132 valence electrons. The van der Waals surface area contributed by atoms with Gasteiger partial charge < -0.3 is 15.4 Å². The van der Waals surface area contributed by atoms with Crippen molar-refractivity contribution in [3.8, 4) is 5.75 Å². The summed E-state index contributed by atoms with van der Waals surface area (Å²) < 4.78 is 5.91. The third kappa shape index (κ3) is 5.24. The second kappa shape index (κ2) is 8.56. The largest absolute Gasteiger partial charge is 0.491 e. The molecule has 1 aliphatic heterocycles. The van der Waals surface area contributed by atoms with Gasteiger partial charge in [0.05, 0.1) is 12.6 Å². The quantitative estimate of drug-likeness (QED) is 0.795. The Bertz CT molecular complexity index is 692. The topological polar surface area (TPSA) is 45.6 Å². The number of benzene rings is 2. The van der Waals surface area contributed by atoms with E-state index in [0.717, 1.165) is 49.7 Å². The van der Waals surface area contributed by atoms with Crippen molar-refractivity contribution in [1.29, 1.82) is 0 Å². The summed E-state index contributed by atoms with van der Waals surface area (Å²) in [4.78, 5) is 4.34. The maximum absolute atomic E-state index is 5.91. The van der Waals surface area contributed by atoms with Crippen molar-refractivity contribution in [2.45, 2.75) is 39.2 Å². The molecule has 2 aromatic rings. The Balaban J connectivity index is 1.54. The first-order chi connectivity index (χ1) is 12.2. The number of guanidine groups is 1. The Morgan fingerprint density at radius 3 is 2.36 bits per heavy atom. The van der Waals surface area contributed by atoms with Crippen LogP contribution in [0.3, 0.4) is 0 Å². The number of hydrogen-bond acceptors (Lipinski definition) is 4. The van der Waals surface area contributed by atoms with Crippen molar-refractivity contribution in [2.24, 2.45) is 4.99 Å². The van der Waals surface area contributed by atoms with Crippen LogP contribution in [-0.2, 0) is 6.42 Å². The molecule has 0 aromatic heterocycles. The summed E-state index contributed by atoms with van der Waals surface area (Å²) in [6.45, 7) is 6.07. The van der Waals surface area contributed by atoms with Gasteiger partial charge in [0.15, 0.2) is 5.96 Å². The molecule has 3 rings (SSSR count). The highest BCUT2D eigenvalue weighted by Crippen LogP contribution is 2.18. The summed E-state index contributed by atoms with van der Waals surface area (Å²) in [6.07, 6.45) is 3.43. The summed E-state index contributed by atoms with van der Waals surface area (Å²) in [5.41, 5.74) is 3.64. The number of aliphatic imine (C=N–C) groups is 1. The molecule has 0 aliphatic carbocycles. The van der Waals surface area contributed by atoms with E-state index in [2.05, 4.69) is 78.0 Å². The number of ether oxygens (including phenoxy) is 1. The van der Waals surface area contributed by atoms with Crippen molar-refractivity contribution < 1.29 is 4.74 Å². The molecule has 1 atom stereocenters. The molecule has 1 heterocycles. The van der Waals surface area contributed by atoms with E-state index in [1.807, 2.05) is 0 Å². The number of nitrogens with one attached hydrogen (secondary N) is 2. The highest BCUT2D eigenvalue weighted by Gasteiger charge is 2.05. The lowest BCUT2D eigenvalue weighted by Gasteiger charge is -2.14. The summed E-state index contributed by atoms with van der Waals surface area (Å²) in [6, 6.07) is 17.0. The predicted octanol–water partition coefficient (Wildman–Crippen LogP) is 4.22. The van der Waals surface area contributed by atoms with E-state index >= 15 is 0 Å². The highest BCUT2D eigenvalue weighted by molar-refractivity contribution is 5.94. The van der Waals surface area contributed by atoms with Crippen LogP contribution in [-0.4, -0.2) is 25.2 Å². The monoisotopic (exact) mass is 337 g/mol. The van der Waals surface area contributed by atoms with Crippen molar-refractivity contribution in [1.82, 2.24) is 5.32 Å². The molecule has 1 aliphatic rings. The van der Waals surface area contributed by atoms with E-state index in [-0.39, 0.29) is 6.10 Å². The normalized spacial score (nSPS) is 14.6. The van der Waals surface area contributed by atoms with Crippen LogP contribution in [0.4, 0.5) is 5.69 Å². The fraction of sp³-hybridized carbons (Fsp3) is 0.381. The van der Waals surface area contributed by atoms with E-state index < -0.39 is 0 Å². The minimum atomic E-state index is 0.273. The summed E-state index contributed by atoms with van der Waals surface area (Å²) in [7, 11) is 0. The predicted molar refractivity (Wildman–Crippen MR) is 105 cm³/mol. The fourth-order valence-electron chi connectivity index (χ4n) is 2.94. The molecule has 4 heteroatoms. The Kier molecular flexibility index (Phi) is 5.94. The average Bonchev–Trinajstić information content (AvgIpc) is 3.12. The molecule has 25 heavy (non-hydrogen) atoms. The van der Waals surface area contributed by atoms with Gasteiger partial charge in [-0.2, -0.15) is 0 Å². The van der Waals surface area contributed by atoms with Crippen molar-refractivity contribution >= 4 is 11.6 Å². The van der Waals surface area contributed by atoms with Gasteiger partial charge in [0.1, 0.15) is 5.75 Å². The van der Waals surface area contributed by atoms with Crippen LogP contribution < -0.4 is 15.4 Å². The van der Waals surface area contributed by atoms with Gasteiger partial charge in [0, 0.05) is 12.2 Å². The Labute approximate surface area is 150 Å². The SMILES string of the molecule is CCCC(C)Oc1ccc(Cc2ccc(NC3=NCCN3)cc2)cc1. The molecule has 0 saturated heterocycles. The molecular weight excluding hydrogens is 310 g/mol. The molecule has 0 fully saturated rings. The van der Waals surface area contributed by atoms with Crippen molar-refractivity contribution in [3.05, 3.63) is 59.7 Å². The lowest BCUT2D eigenvalue weighted by molar-refractivity contribution is 0.210. The zero-order valence-electron chi connectivity index (χ0n) is 15.1. The maximum atomic E-state index is 5.91. The van der Waals surface area contributed by atoms with Crippen LogP contribution in [0.15, 0.2) is 53.5 Å². The molecule has 0 bridgehead atoms. The van der Waals surface area contributed by atoms with Gasteiger partial charge >= 0.3 is 0 Å². The van der Waals surface area contributed by atoms with Gasteiger partial charge in [-0.3, -0.25) is 4.99 Å². The first kappa shape index (κ1) is 17.3. The van der Waals surface area contributed by atoms with Gasteiger partial charge in [0.25, 0.3) is 0 Å². The molecule has 0 saturated carbocycles. The van der Waals surface area contributed by atoms with Crippen LogP contribution in [0, 0.1) is 0 Å². The minimum absolute atomic E-state index is 0.273. The van der Waals surface area contributed by atoms with Gasteiger partial charge in [-0.05, 0) is 55.2 Å². The molecule has 0 radical (unpaired) electrons. The molecule has 1 unspecified atom stereocenters. The number of anilines is 1. The summed E-state index contributed by atoms with van der Waals surface area (Å²) >= 11 is 0. The van der Waals surface area contributed by atoms with Crippen LogP contribution in [0.1, 0.15) is 37.8 Å². The fourth-order valence-corrected chi connectivity index (χ4v) is 2.94. The standard InChI is InChI=1S/C21H27N3O/c1-3-4-16(2)25-20-11-7-18(8-12-20)15-17-5-9-19(10-6-17)24-21-22-13-14-23-21/h5-12,16H,3-4,13-15H2,1-2H3,(H2,22,23,24). The first-order valence-corrected chi connectivity index (χ1v) is 9.13. The molecule has 2 N–H and O–H groups in total. The third-order valence-corrected chi connectivity index (χ3v) is 4.25. The smallest absolute Gasteiger partial charge is 0.195 e. The first-order valence-electron chi connectivity index (χ1n) is 9.13. The van der Waals surface area contributed by atoms with E-state index in [1.165, 1.54) is 11.1 Å². The van der Waals surface area contributed by atoms with E-state index in [1.54, 1.807) is 0 Å². The van der Waals surface area contributed by atoms with Crippen LogP contribution in [0.5, 0.6) is 5.75 Å². The molecule has 0 amide bonds. The molecule has 4 nitrogen and oxygen atoms in total. The molecular formula is C21H27N3O. The Morgan fingerprint density at radius 2 is 1.76 bits per heavy atom. The summed E-state index contributed by atoms with van der Waals surface area (Å²) in [5, 5.41) is 6.50. The lowest BCUT2D eigenvalue weighted by atomic mass is 10.0. The van der Waals surface area contributed by atoms with Gasteiger partial charge in [-0.25, -0.2) is 0 Å². The van der Waals surface area contributed by atoms with E-state index in [4.69, 9.17) is 4.74 Å². The number of hydrogen-bond donors (Lipinski definition) is 2. The van der Waals surface area contributed by atoms with Crippen LogP contribution in [0.2, 0.25) is 0 Å². The van der Waals surface area contributed by atoms with Gasteiger partial charge in [-0.1, -0.05) is 37.6 Å². The van der Waals surface area contributed by atoms with Crippen LogP contribution in [0.25, 0.3) is 0 Å².